The second-order valence-corrected chi connectivity index (χ2v) is 17.1. The highest BCUT2D eigenvalue weighted by Crippen LogP contribution is 2.30. The number of β-amino-alcohol motifs (C(OH)–C–C–N with tert-alkyl or cyclic N) is 1. The van der Waals surface area contributed by atoms with Gasteiger partial charge in [0.1, 0.15) is 31.0 Å². The van der Waals surface area contributed by atoms with Gasteiger partial charge in [-0.05, 0) is 71.7 Å². The number of carbonyl (C=O) groups excluding carboxylic acids is 4. The standard InChI is InChI=1S/C45H54N6O9S/c1-28(31-8-11-33(12-9-31)40-29(2)46-27-61-40)47-43(55)38-23-35(52)25-51(38)44(56)41(45(3,4)5)48-39(53)26-59-19-18-58-20-21-60-36-14-6-30(7-15-36)24-50-17-16-32-10-13-34(22-37(32)50)42(54)49-57/h6-17,22,27-28,35,38,41,52,57H,18-21,23-26H2,1-5H3,(H,47,55)(H,48,53)(H,49,54)/t28-,35+,38-,41+/m0/s1. The maximum atomic E-state index is 14.0. The molecule has 15 nitrogen and oxygen atoms in total. The molecule has 4 atom stereocenters. The van der Waals surface area contributed by atoms with Gasteiger partial charge in [0, 0.05) is 36.8 Å². The number of ether oxygens (including phenoxy) is 3. The zero-order valence-electron chi connectivity index (χ0n) is 35.1. The number of likely N-dealkylation sites (tertiary alicyclic amines) is 1. The van der Waals surface area contributed by atoms with Crippen molar-refractivity contribution in [2.24, 2.45) is 5.41 Å². The maximum Gasteiger partial charge on any atom is 0.274 e. The van der Waals surface area contributed by atoms with Crippen molar-refractivity contribution in [3.05, 3.63) is 107 Å². The van der Waals surface area contributed by atoms with Gasteiger partial charge >= 0.3 is 0 Å². The van der Waals surface area contributed by atoms with Gasteiger partial charge in [-0.25, -0.2) is 10.5 Å². The van der Waals surface area contributed by atoms with Crippen molar-refractivity contribution in [1.82, 2.24) is 30.6 Å². The van der Waals surface area contributed by atoms with Gasteiger partial charge in [0.15, 0.2) is 0 Å². The molecule has 1 saturated heterocycles. The van der Waals surface area contributed by atoms with E-state index in [9.17, 15) is 24.3 Å². The van der Waals surface area contributed by atoms with Crippen molar-refractivity contribution in [3.63, 3.8) is 0 Å². The lowest BCUT2D eigenvalue weighted by molar-refractivity contribution is -0.144. The van der Waals surface area contributed by atoms with Gasteiger partial charge in [0.2, 0.25) is 17.7 Å². The molecular formula is C45H54N6O9S. The first-order chi connectivity index (χ1) is 29.2. The van der Waals surface area contributed by atoms with E-state index in [0.717, 1.165) is 38.2 Å². The predicted octanol–water partition coefficient (Wildman–Crippen LogP) is 5.02. The Hall–Kier alpha value is -5.65. The van der Waals surface area contributed by atoms with Gasteiger partial charge in [-0.1, -0.05) is 63.2 Å². The first kappa shape index (κ1) is 44.9. The van der Waals surface area contributed by atoms with Crippen LogP contribution in [0.1, 0.15) is 67.3 Å². The van der Waals surface area contributed by atoms with Crippen LogP contribution in [-0.2, 0) is 30.4 Å². The third kappa shape index (κ3) is 11.6. The number of thiazole rings is 1. The molecule has 5 aromatic rings. The van der Waals surface area contributed by atoms with E-state index in [1.807, 2.05) is 112 Å². The summed E-state index contributed by atoms with van der Waals surface area (Å²) in [5, 5.41) is 26.4. The molecule has 0 aliphatic carbocycles. The lowest BCUT2D eigenvalue weighted by Gasteiger charge is -2.35. The monoisotopic (exact) mass is 854 g/mol. The molecule has 324 valence electrons. The number of rotatable bonds is 18. The largest absolute Gasteiger partial charge is 0.491 e. The number of hydrogen-bond acceptors (Lipinski definition) is 11. The van der Waals surface area contributed by atoms with Crippen LogP contribution in [0.2, 0.25) is 0 Å². The molecule has 4 amide bonds. The SMILES string of the molecule is Cc1ncsc1-c1ccc([C@H](C)NC(=O)[C@@H]2C[C@@H](O)CN2C(=O)[C@@H](NC(=O)COCCOCCOc2ccc(Cn3ccc4ccc(C(=O)NO)cc43)cc2)C(C)(C)C)cc1. The molecule has 3 heterocycles. The van der Waals surface area contributed by atoms with Gasteiger partial charge in [0.25, 0.3) is 5.91 Å². The topological polar surface area (TPSA) is 194 Å². The first-order valence-electron chi connectivity index (χ1n) is 20.2. The number of benzene rings is 3. The Bertz CT molecular complexity index is 2290. The molecule has 2 aromatic heterocycles. The van der Waals surface area contributed by atoms with Crippen LogP contribution < -0.4 is 20.9 Å². The Morgan fingerprint density at radius 3 is 2.34 bits per heavy atom. The molecule has 0 radical (unpaired) electrons. The van der Waals surface area contributed by atoms with E-state index in [4.69, 9.17) is 19.4 Å². The second kappa shape index (κ2) is 20.3. The van der Waals surface area contributed by atoms with Crippen molar-refractivity contribution in [3.8, 4) is 16.2 Å². The van der Waals surface area contributed by atoms with Crippen LogP contribution in [0.3, 0.4) is 0 Å². The Morgan fingerprint density at radius 2 is 1.66 bits per heavy atom. The van der Waals surface area contributed by atoms with E-state index in [1.165, 1.54) is 4.90 Å². The van der Waals surface area contributed by atoms with E-state index in [1.54, 1.807) is 28.9 Å². The summed E-state index contributed by atoms with van der Waals surface area (Å²) in [6.45, 7) is 10.5. The van der Waals surface area contributed by atoms with Crippen LogP contribution in [-0.4, -0.2) is 106 Å². The molecule has 16 heteroatoms. The lowest BCUT2D eigenvalue weighted by Crippen LogP contribution is -2.58. The molecule has 1 aliphatic rings. The maximum absolute atomic E-state index is 14.0. The Kier molecular flexibility index (Phi) is 14.9. The third-order valence-corrected chi connectivity index (χ3v) is 11.6. The molecule has 5 N–H and O–H groups in total. The Labute approximate surface area is 359 Å². The first-order valence-corrected chi connectivity index (χ1v) is 21.1. The zero-order chi connectivity index (χ0) is 43.7. The molecule has 61 heavy (non-hydrogen) atoms. The highest BCUT2D eigenvalue weighted by atomic mass is 32.1. The van der Waals surface area contributed by atoms with E-state index < -0.39 is 41.3 Å². The van der Waals surface area contributed by atoms with Gasteiger partial charge in [-0.2, -0.15) is 0 Å². The number of hydrogen-bond donors (Lipinski definition) is 5. The third-order valence-electron chi connectivity index (χ3n) is 10.6. The highest BCUT2D eigenvalue weighted by molar-refractivity contribution is 7.13. The van der Waals surface area contributed by atoms with Crippen molar-refractivity contribution in [2.45, 2.75) is 71.8 Å². The number of hydroxylamine groups is 1. The molecule has 1 fully saturated rings. The molecule has 0 saturated carbocycles. The van der Waals surface area contributed by atoms with Crippen LogP contribution >= 0.6 is 11.3 Å². The normalized spacial score (nSPS) is 16.3. The van der Waals surface area contributed by atoms with Crippen LogP contribution in [0, 0.1) is 12.3 Å². The summed E-state index contributed by atoms with van der Waals surface area (Å²) in [5.41, 5.74) is 7.94. The summed E-state index contributed by atoms with van der Waals surface area (Å²) in [4.78, 5) is 59.2. The van der Waals surface area contributed by atoms with Gasteiger partial charge in [-0.15, -0.1) is 11.3 Å². The summed E-state index contributed by atoms with van der Waals surface area (Å²) in [5.74, 6) is -1.21. The molecule has 0 unspecified atom stereocenters. The summed E-state index contributed by atoms with van der Waals surface area (Å²) < 4.78 is 19.0. The summed E-state index contributed by atoms with van der Waals surface area (Å²) in [7, 11) is 0. The fraction of sp³-hybridized carbons (Fsp3) is 0.400. The number of aliphatic hydroxyl groups is 1. The number of aliphatic hydroxyl groups excluding tert-OH is 1. The van der Waals surface area contributed by atoms with Crippen molar-refractivity contribution in [2.75, 3.05) is 39.6 Å². The van der Waals surface area contributed by atoms with Gasteiger partial charge in [-0.3, -0.25) is 24.4 Å². The van der Waals surface area contributed by atoms with Crippen LogP contribution in [0.4, 0.5) is 0 Å². The van der Waals surface area contributed by atoms with Gasteiger partial charge in [0.05, 0.1) is 48.0 Å². The summed E-state index contributed by atoms with van der Waals surface area (Å²) in [6.07, 6.45) is 1.15. The van der Waals surface area contributed by atoms with E-state index in [0.29, 0.717) is 31.1 Å². The number of amides is 4. The number of fused-ring (bicyclic) bond motifs is 1. The summed E-state index contributed by atoms with van der Waals surface area (Å²) >= 11 is 1.57. The minimum atomic E-state index is -0.976. The highest BCUT2D eigenvalue weighted by Gasteiger charge is 2.44. The average molecular weight is 855 g/mol. The zero-order valence-corrected chi connectivity index (χ0v) is 35.9. The number of nitrogens with one attached hydrogen (secondary N) is 3. The van der Waals surface area contributed by atoms with Crippen molar-refractivity contribution >= 4 is 45.9 Å². The number of aromatic nitrogens is 2. The second-order valence-electron chi connectivity index (χ2n) is 16.2. The predicted molar refractivity (Wildman–Crippen MR) is 230 cm³/mol. The number of aryl methyl sites for hydroxylation is 1. The van der Waals surface area contributed by atoms with E-state index >= 15 is 0 Å². The Balaban J connectivity index is 0.902. The quantitative estimate of drug-likeness (QED) is 0.0454. The minimum absolute atomic E-state index is 0.0251. The van der Waals surface area contributed by atoms with Crippen LogP contribution in [0.5, 0.6) is 5.75 Å². The van der Waals surface area contributed by atoms with Crippen LogP contribution in [0.25, 0.3) is 21.3 Å². The molecule has 3 aromatic carbocycles. The fourth-order valence-electron chi connectivity index (χ4n) is 7.24. The smallest absolute Gasteiger partial charge is 0.274 e. The molecule has 0 bridgehead atoms. The van der Waals surface area contributed by atoms with E-state index in [-0.39, 0.29) is 44.7 Å². The Morgan fingerprint density at radius 1 is 0.934 bits per heavy atom. The van der Waals surface area contributed by atoms with Crippen molar-refractivity contribution in [1.29, 1.82) is 0 Å². The summed E-state index contributed by atoms with van der Waals surface area (Å²) in [6, 6.07) is 20.5. The molecule has 0 spiro atoms. The van der Waals surface area contributed by atoms with Crippen LogP contribution in [0.15, 0.2) is 84.5 Å². The lowest BCUT2D eigenvalue weighted by atomic mass is 9.85. The van der Waals surface area contributed by atoms with Crippen molar-refractivity contribution < 1.29 is 43.7 Å². The molecule has 6 rings (SSSR count). The molecule has 1 aliphatic heterocycles. The number of nitrogens with zero attached hydrogens (tertiary/aromatic N) is 3. The fourth-order valence-corrected chi connectivity index (χ4v) is 8.05. The van der Waals surface area contributed by atoms with E-state index in [2.05, 4.69) is 15.6 Å². The average Bonchev–Trinajstić information content (AvgIpc) is 3.98. The number of carbonyl (C=O) groups is 4. The van der Waals surface area contributed by atoms with Gasteiger partial charge < -0.3 is 39.4 Å². The molecular weight excluding hydrogens is 801 g/mol. The minimum Gasteiger partial charge on any atom is -0.491 e.